The van der Waals surface area contributed by atoms with E-state index in [-0.39, 0.29) is 0 Å². The normalized spacial score (nSPS) is 13.4. The lowest BCUT2D eigenvalue weighted by Gasteiger charge is -2.27. The molecular formula is C20H25NO. The summed E-state index contributed by atoms with van der Waals surface area (Å²) >= 11 is 0. The number of fused-ring (bicyclic) bond motifs is 2. The molecule has 2 aromatic rings. The summed E-state index contributed by atoms with van der Waals surface area (Å²) in [5, 5.41) is 8.90. The fraction of sp³-hybridized carbons (Fsp3) is 0.400. The highest BCUT2D eigenvalue weighted by Gasteiger charge is 2.19. The summed E-state index contributed by atoms with van der Waals surface area (Å²) in [7, 11) is 0. The van der Waals surface area contributed by atoms with Crippen molar-refractivity contribution in [1.29, 1.82) is 0 Å². The number of aliphatic hydroxyl groups excluding tert-OH is 1. The number of para-hydroxylation sites is 2. The van der Waals surface area contributed by atoms with Crippen molar-refractivity contribution < 1.29 is 5.11 Å². The summed E-state index contributed by atoms with van der Waals surface area (Å²) < 4.78 is 0. The summed E-state index contributed by atoms with van der Waals surface area (Å²) in [6.07, 6.45) is 6.63. The molecule has 1 aliphatic heterocycles. The Morgan fingerprint density at radius 2 is 1.27 bits per heavy atom. The molecule has 1 heterocycles. The molecule has 0 unspecified atom stereocenters. The van der Waals surface area contributed by atoms with Gasteiger partial charge in [-0.3, -0.25) is 0 Å². The molecule has 0 bridgehead atoms. The molecule has 0 saturated carbocycles. The van der Waals surface area contributed by atoms with Crippen LogP contribution in [0.5, 0.6) is 0 Å². The third-order valence-corrected chi connectivity index (χ3v) is 4.52. The number of anilines is 2. The fourth-order valence-electron chi connectivity index (χ4n) is 3.35. The van der Waals surface area contributed by atoms with Crippen LogP contribution in [0.3, 0.4) is 0 Å². The second-order valence-corrected chi connectivity index (χ2v) is 6.05. The SMILES string of the molecule is OCCCCCCN1c2ccccc2CCc2ccccc21. The first-order valence-electron chi connectivity index (χ1n) is 8.44. The van der Waals surface area contributed by atoms with Crippen molar-refractivity contribution in [3.05, 3.63) is 59.7 Å². The zero-order chi connectivity index (χ0) is 15.2. The second kappa shape index (κ2) is 7.46. The van der Waals surface area contributed by atoms with E-state index in [1.165, 1.54) is 35.3 Å². The highest BCUT2D eigenvalue weighted by Crippen LogP contribution is 2.35. The van der Waals surface area contributed by atoms with Gasteiger partial charge in [-0.2, -0.15) is 0 Å². The Bertz CT molecular complexity index is 561. The summed E-state index contributed by atoms with van der Waals surface area (Å²) in [5.74, 6) is 0. The van der Waals surface area contributed by atoms with E-state index in [0.29, 0.717) is 6.61 Å². The van der Waals surface area contributed by atoms with Crippen LogP contribution in [-0.2, 0) is 12.8 Å². The van der Waals surface area contributed by atoms with Gasteiger partial charge in [-0.1, -0.05) is 49.2 Å². The van der Waals surface area contributed by atoms with Crippen LogP contribution in [0.25, 0.3) is 0 Å². The smallest absolute Gasteiger partial charge is 0.0443 e. The van der Waals surface area contributed by atoms with Crippen LogP contribution in [0.2, 0.25) is 0 Å². The zero-order valence-corrected chi connectivity index (χ0v) is 13.2. The topological polar surface area (TPSA) is 23.5 Å². The molecule has 22 heavy (non-hydrogen) atoms. The summed E-state index contributed by atoms with van der Waals surface area (Å²) in [4.78, 5) is 2.50. The van der Waals surface area contributed by atoms with Crippen LogP contribution < -0.4 is 4.90 Å². The molecule has 0 aromatic heterocycles. The molecule has 0 radical (unpaired) electrons. The molecule has 0 atom stereocenters. The van der Waals surface area contributed by atoms with E-state index < -0.39 is 0 Å². The molecule has 2 aromatic carbocycles. The number of benzene rings is 2. The van der Waals surface area contributed by atoms with Gasteiger partial charge in [-0.25, -0.2) is 0 Å². The first kappa shape index (κ1) is 15.1. The average Bonchev–Trinajstić information content (AvgIpc) is 2.72. The van der Waals surface area contributed by atoms with E-state index in [9.17, 15) is 0 Å². The minimum atomic E-state index is 0.315. The minimum absolute atomic E-state index is 0.315. The van der Waals surface area contributed by atoms with Crippen LogP contribution in [-0.4, -0.2) is 18.3 Å². The third-order valence-electron chi connectivity index (χ3n) is 4.52. The van der Waals surface area contributed by atoms with Gasteiger partial charge < -0.3 is 10.0 Å². The number of aliphatic hydroxyl groups is 1. The maximum Gasteiger partial charge on any atom is 0.0443 e. The number of hydrogen-bond acceptors (Lipinski definition) is 2. The highest BCUT2D eigenvalue weighted by atomic mass is 16.2. The standard InChI is InChI=1S/C20H25NO/c22-16-8-2-1-7-15-21-19-11-5-3-9-17(19)13-14-18-10-4-6-12-20(18)21/h3-6,9-12,22H,1-2,7-8,13-16H2. The Kier molecular flexibility index (Phi) is 5.12. The third kappa shape index (κ3) is 3.33. The molecule has 2 heteroatoms. The maximum absolute atomic E-state index is 8.90. The van der Waals surface area contributed by atoms with Crippen LogP contribution in [0.4, 0.5) is 11.4 Å². The molecule has 0 amide bonds. The quantitative estimate of drug-likeness (QED) is 0.794. The van der Waals surface area contributed by atoms with E-state index in [4.69, 9.17) is 5.11 Å². The van der Waals surface area contributed by atoms with Crippen molar-refractivity contribution in [2.24, 2.45) is 0 Å². The maximum atomic E-state index is 8.90. The van der Waals surface area contributed by atoms with E-state index in [0.717, 1.165) is 32.2 Å². The lowest BCUT2D eigenvalue weighted by atomic mass is 10.0. The van der Waals surface area contributed by atoms with Crippen LogP contribution in [0.15, 0.2) is 48.5 Å². The van der Waals surface area contributed by atoms with Crippen LogP contribution >= 0.6 is 0 Å². The molecule has 0 aliphatic carbocycles. The molecule has 0 saturated heterocycles. The summed E-state index contributed by atoms with van der Waals surface area (Å²) in [5.41, 5.74) is 5.65. The average molecular weight is 295 g/mol. The number of unbranched alkanes of at least 4 members (excludes halogenated alkanes) is 3. The van der Waals surface area contributed by atoms with Crippen molar-refractivity contribution >= 4 is 11.4 Å². The van der Waals surface area contributed by atoms with Crippen LogP contribution in [0.1, 0.15) is 36.8 Å². The molecule has 0 fully saturated rings. The molecule has 0 spiro atoms. The second-order valence-electron chi connectivity index (χ2n) is 6.05. The predicted molar refractivity (Wildman–Crippen MR) is 92.9 cm³/mol. The van der Waals surface area contributed by atoms with E-state index in [1.807, 2.05) is 0 Å². The van der Waals surface area contributed by atoms with E-state index in [2.05, 4.69) is 53.4 Å². The number of aryl methyl sites for hydroxylation is 2. The van der Waals surface area contributed by atoms with Crippen LogP contribution in [0, 0.1) is 0 Å². The summed E-state index contributed by atoms with van der Waals surface area (Å²) in [6, 6.07) is 17.6. The lowest BCUT2D eigenvalue weighted by molar-refractivity contribution is 0.282. The Morgan fingerprint density at radius 3 is 1.86 bits per heavy atom. The molecule has 3 rings (SSSR count). The van der Waals surface area contributed by atoms with Gasteiger partial charge in [0, 0.05) is 24.5 Å². The summed E-state index contributed by atoms with van der Waals surface area (Å²) in [6.45, 7) is 1.37. The predicted octanol–water partition coefficient (Wildman–Crippen LogP) is 4.48. The van der Waals surface area contributed by atoms with Crippen molar-refractivity contribution in [3.63, 3.8) is 0 Å². The van der Waals surface area contributed by atoms with Crippen molar-refractivity contribution in [1.82, 2.24) is 0 Å². The van der Waals surface area contributed by atoms with Gasteiger partial charge in [-0.05, 0) is 48.9 Å². The first-order valence-corrected chi connectivity index (χ1v) is 8.44. The van der Waals surface area contributed by atoms with Gasteiger partial charge in [0.2, 0.25) is 0 Å². The van der Waals surface area contributed by atoms with Crippen molar-refractivity contribution in [3.8, 4) is 0 Å². The Morgan fingerprint density at radius 1 is 0.727 bits per heavy atom. The molecule has 116 valence electrons. The molecule has 1 N–H and O–H groups in total. The van der Waals surface area contributed by atoms with Gasteiger partial charge in [-0.15, -0.1) is 0 Å². The van der Waals surface area contributed by atoms with E-state index >= 15 is 0 Å². The Balaban J connectivity index is 1.82. The fourth-order valence-corrected chi connectivity index (χ4v) is 3.35. The molecular weight excluding hydrogens is 270 g/mol. The van der Waals surface area contributed by atoms with Gasteiger partial charge in [0.1, 0.15) is 0 Å². The number of nitrogens with zero attached hydrogens (tertiary/aromatic N) is 1. The number of hydrogen-bond donors (Lipinski definition) is 1. The lowest BCUT2D eigenvalue weighted by Crippen LogP contribution is -2.19. The van der Waals surface area contributed by atoms with Gasteiger partial charge in [0.05, 0.1) is 0 Å². The minimum Gasteiger partial charge on any atom is -0.396 e. The van der Waals surface area contributed by atoms with Crippen molar-refractivity contribution in [2.45, 2.75) is 38.5 Å². The van der Waals surface area contributed by atoms with Crippen molar-refractivity contribution in [2.75, 3.05) is 18.1 Å². The number of rotatable bonds is 6. The largest absolute Gasteiger partial charge is 0.396 e. The molecule has 2 nitrogen and oxygen atoms in total. The molecule has 1 aliphatic rings. The first-order chi connectivity index (χ1) is 10.9. The highest BCUT2D eigenvalue weighted by molar-refractivity contribution is 5.71. The Labute approximate surface area is 133 Å². The van der Waals surface area contributed by atoms with Gasteiger partial charge in [0.15, 0.2) is 0 Å². The Hall–Kier alpha value is -1.80. The van der Waals surface area contributed by atoms with Gasteiger partial charge in [0.25, 0.3) is 0 Å². The monoisotopic (exact) mass is 295 g/mol. The zero-order valence-electron chi connectivity index (χ0n) is 13.2. The van der Waals surface area contributed by atoms with Gasteiger partial charge >= 0.3 is 0 Å². The van der Waals surface area contributed by atoms with E-state index in [1.54, 1.807) is 0 Å².